The third-order valence-electron chi connectivity index (χ3n) is 4.80. The number of benzene rings is 3. The Morgan fingerprint density at radius 1 is 0.759 bits per heavy atom. The lowest BCUT2D eigenvalue weighted by Crippen LogP contribution is -2.14. The first-order valence-electron chi connectivity index (χ1n) is 10.0. The van der Waals surface area contributed by atoms with Crippen LogP contribution in [0.3, 0.4) is 0 Å². The van der Waals surface area contributed by atoms with E-state index < -0.39 is 0 Å². The number of hydrogen-bond acceptors (Lipinski definition) is 3. The SMILES string of the molecule is CN(C)CCSc1ccc(C(=C(CCO)c2ccccc2)c2ccccc2)cc1. The fraction of sp³-hybridized carbons (Fsp3) is 0.231. The van der Waals surface area contributed by atoms with Gasteiger partial charge in [-0.2, -0.15) is 0 Å². The predicted molar refractivity (Wildman–Crippen MR) is 126 cm³/mol. The first-order chi connectivity index (χ1) is 14.2. The van der Waals surface area contributed by atoms with Gasteiger partial charge in [-0.3, -0.25) is 0 Å². The van der Waals surface area contributed by atoms with E-state index in [2.05, 4.69) is 91.8 Å². The second-order valence-corrected chi connectivity index (χ2v) is 8.40. The molecule has 0 aliphatic rings. The minimum Gasteiger partial charge on any atom is -0.396 e. The molecule has 0 aliphatic carbocycles. The molecule has 0 spiro atoms. The van der Waals surface area contributed by atoms with Crippen LogP contribution in [0, 0.1) is 0 Å². The van der Waals surface area contributed by atoms with E-state index in [1.165, 1.54) is 27.2 Å². The van der Waals surface area contributed by atoms with Crippen LogP contribution in [0.25, 0.3) is 11.1 Å². The Morgan fingerprint density at radius 3 is 1.86 bits per heavy atom. The first kappa shape index (κ1) is 21.4. The van der Waals surface area contributed by atoms with Crippen molar-refractivity contribution in [3.05, 3.63) is 102 Å². The highest BCUT2D eigenvalue weighted by molar-refractivity contribution is 7.99. The van der Waals surface area contributed by atoms with Gasteiger partial charge >= 0.3 is 0 Å². The average molecular weight is 404 g/mol. The van der Waals surface area contributed by atoms with Crippen molar-refractivity contribution in [3.63, 3.8) is 0 Å². The summed E-state index contributed by atoms with van der Waals surface area (Å²) in [5, 5.41) is 9.79. The van der Waals surface area contributed by atoms with Crippen LogP contribution in [-0.4, -0.2) is 43.0 Å². The zero-order valence-corrected chi connectivity index (χ0v) is 18.0. The molecular weight excluding hydrogens is 374 g/mol. The fourth-order valence-electron chi connectivity index (χ4n) is 3.35. The smallest absolute Gasteiger partial charge is 0.0471 e. The average Bonchev–Trinajstić information content (AvgIpc) is 2.75. The standard InChI is InChI=1S/C26H29NOS/c1-27(2)18-20-29-24-15-13-23(14-16-24)26(22-11-7-4-8-12-22)25(17-19-28)21-9-5-3-6-10-21/h3-16,28H,17-20H2,1-2H3. The number of nitrogens with zero attached hydrogens (tertiary/aromatic N) is 1. The molecule has 3 aromatic rings. The molecule has 0 unspecified atom stereocenters. The van der Waals surface area contributed by atoms with E-state index in [1.54, 1.807) is 0 Å². The molecule has 0 bridgehead atoms. The van der Waals surface area contributed by atoms with Gasteiger partial charge < -0.3 is 10.0 Å². The van der Waals surface area contributed by atoms with E-state index in [0.717, 1.165) is 17.9 Å². The number of aliphatic hydroxyl groups is 1. The third kappa shape index (κ3) is 6.07. The largest absolute Gasteiger partial charge is 0.396 e. The Labute approximate surface area is 178 Å². The first-order valence-corrected chi connectivity index (χ1v) is 11.0. The van der Waals surface area contributed by atoms with Gasteiger partial charge in [0.1, 0.15) is 0 Å². The van der Waals surface area contributed by atoms with Gasteiger partial charge in [-0.25, -0.2) is 0 Å². The van der Waals surface area contributed by atoms with Crippen LogP contribution in [0.4, 0.5) is 0 Å². The summed E-state index contributed by atoms with van der Waals surface area (Å²) in [6.07, 6.45) is 0.619. The quantitative estimate of drug-likeness (QED) is 0.367. The summed E-state index contributed by atoms with van der Waals surface area (Å²) < 4.78 is 0. The van der Waals surface area contributed by atoms with E-state index in [-0.39, 0.29) is 6.61 Å². The molecule has 0 saturated carbocycles. The molecule has 0 aromatic heterocycles. The fourth-order valence-corrected chi connectivity index (χ4v) is 4.37. The van der Waals surface area contributed by atoms with E-state index in [4.69, 9.17) is 0 Å². The molecule has 0 heterocycles. The van der Waals surface area contributed by atoms with Crippen molar-refractivity contribution >= 4 is 22.9 Å². The van der Waals surface area contributed by atoms with Gasteiger partial charge in [0.25, 0.3) is 0 Å². The van der Waals surface area contributed by atoms with Gasteiger partial charge in [0, 0.05) is 23.8 Å². The highest BCUT2D eigenvalue weighted by atomic mass is 32.2. The number of thioether (sulfide) groups is 1. The third-order valence-corrected chi connectivity index (χ3v) is 5.79. The summed E-state index contributed by atoms with van der Waals surface area (Å²) in [6.45, 7) is 1.19. The predicted octanol–water partition coefficient (Wildman–Crippen LogP) is 5.68. The highest BCUT2D eigenvalue weighted by Gasteiger charge is 2.14. The van der Waals surface area contributed by atoms with Crippen LogP contribution in [-0.2, 0) is 0 Å². The van der Waals surface area contributed by atoms with Crippen LogP contribution < -0.4 is 0 Å². The Kier molecular flexibility index (Phi) is 8.12. The lowest BCUT2D eigenvalue weighted by atomic mass is 9.88. The van der Waals surface area contributed by atoms with Gasteiger partial charge in [-0.15, -0.1) is 11.8 Å². The summed E-state index contributed by atoms with van der Waals surface area (Å²) >= 11 is 1.88. The summed E-state index contributed by atoms with van der Waals surface area (Å²) in [4.78, 5) is 3.49. The molecule has 3 rings (SSSR count). The second kappa shape index (κ2) is 11.0. The van der Waals surface area contributed by atoms with Crippen molar-refractivity contribution in [2.75, 3.05) is 33.0 Å². The van der Waals surface area contributed by atoms with Gasteiger partial charge in [0.15, 0.2) is 0 Å². The van der Waals surface area contributed by atoms with Gasteiger partial charge in [-0.05, 0) is 60.5 Å². The van der Waals surface area contributed by atoms with Crippen LogP contribution in [0.5, 0.6) is 0 Å². The second-order valence-electron chi connectivity index (χ2n) is 7.24. The number of hydrogen-bond donors (Lipinski definition) is 1. The molecular formula is C26H29NOS. The maximum absolute atomic E-state index is 9.79. The molecule has 3 aromatic carbocycles. The van der Waals surface area contributed by atoms with Crippen molar-refractivity contribution in [2.24, 2.45) is 0 Å². The lowest BCUT2D eigenvalue weighted by molar-refractivity contribution is 0.305. The normalized spacial score (nSPS) is 12.1. The maximum Gasteiger partial charge on any atom is 0.0471 e. The highest BCUT2D eigenvalue weighted by Crippen LogP contribution is 2.35. The summed E-state index contributed by atoms with van der Waals surface area (Å²) in [7, 11) is 4.21. The van der Waals surface area contributed by atoms with E-state index in [1.807, 2.05) is 23.9 Å². The van der Waals surface area contributed by atoms with Crippen molar-refractivity contribution in [1.82, 2.24) is 4.90 Å². The van der Waals surface area contributed by atoms with Gasteiger partial charge in [-0.1, -0.05) is 72.8 Å². The molecule has 0 radical (unpaired) electrons. The molecule has 0 fully saturated rings. The van der Waals surface area contributed by atoms with Gasteiger partial charge in [0.05, 0.1) is 0 Å². The zero-order chi connectivity index (χ0) is 20.5. The van der Waals surface area contributed by atoms with E-state index >= 15 is 0 Å². The number of aliphatic hydroxyl groups excluding tert-OH is 1. The Balaban J connectivity index is 2.02. The topological polar surface area (TPSA) is 23.5 Å². The Morgan fingerprint density at radius 2 is 1.31 bits per heavy atom. The molecule has 1 N–H and O–H groups in total. The Bertz CT molecular complexity index is 902. The van der Waals surface area contributed by atoms with Crippen LogP contribution in [0.2, 0.25) is 0 Å². The maximum atomic E-state index is 9.79. The van der Waals surface area contributed by atoms with Crippen LogP contribution in [0.1, 0.15) is 23.1 Å². The molecule has 0 aliphatic heterocycles. The molecule has 29 heavy (non-hydrogen) atoms. The molecule has 2 nitrogen and oxygen atoms in total. The molecule has 0 amide bonds. The zero-order valence-electron chi connectivity index (χ0n) is 17.2. The summed E-state index contributed by atoms with van der Waals surface area (Å²) in [6, 6.07) is 29.7. The van der Waals surface area contributed by atoms with Crippen LogP contribution >= 0.6 is 11.8 Å². The van der Waals surface area contributed by atoms with Crippen LogP contribution in [0.15, 0.2) is 89.8 Å². The minimum absolute atomic E-state index is 0.124. The summed E-state index contributed by atoms with van der Waals surface area (Å²) in [5.41, 5.74) is 5.88. The summed E-state index contributed by atoms with van der Waals surface area (Å²) in [5.74, 6) is 1.08. The lowest BCUT2D eigenvalue weighted by Gasteiger charge is -2.17. The minimum atomic E-state index is 0.124. The molecule has 0 atom stereocenters. The molecule has 0 saturated heterocycles. The Hall–Kier alpha value is -2.33. The molecule has 3 heteroatoms. The van der Waals surface area contributed by atoms with Crippen molar-refractivity contribution in [3.8, 4) is 0 Å². The van der Waals surface area contributed by atoms with Gasteiger partial charge in [0.2, 0.25) is 0 Å². The van der Waals surface area contributed by atoms with E-state index in [0.29, 0.717) is 6.42 Å². The molecule has 150 valence electrons. The monoisotopic (exact) mass is 403 g/mol. The van der Waals surface area contributed by atoms with E-state index in [9.17, 15) is 5.11 Å². The van der Waals surface area contributed by atoms with Crippen molar-refractivity contribution in [1.29, 1.82) is 0 Å². The number of rotatable bonds is 9. The van der Waals surface area contributed by atoms with Crippen molar-refractivity contribution < 1.29 is 5.11 Å². The van der Waals surface area contributed by atoms with Crippen molar-refractivity contribution in [2.45, 2.75) is 11.3 Å².